The monoisotopic (exact) mass is 387 g/mol. The molecule has 1 aromatic heterocycles. The Kier molecular flexibility index (Phi) is 4.62. The number of halogens is 1. The number of carbonyl (C=O) groups excluding carboxylic acids is 1. The number of fused-ring (bicyclic) bond motifs is 1. The van der Waals surface area contributed by atoms with Gasteiger partial charge in [0, 0.05) is 27.3 Å². The summed E-state index contributed by atoms with van der Waals surface area (Å²) in [5.41, 5.74) is 3.73. The second-order valence-corrected chi connectivity index (χ2v) is 6.47. The molecule has 1 N–H and O–H groups in total. The van der Waals surface area contributed by atoms with Crippen molar-refractivity contribution in [3.8, 4) is 11.4 Å². The molecule has 2 aromatic carbocycles. The summed E-state index contributed by atoms with van der Waals surface area (Å²) in [6.45, 7) is 4.14. The topological polar surface area (TPSA) is 51.5 Å². The minimum atomic E-state index is -0.247. The van der Waals surface area contributed by atoms with Crippen molar-refractivity contribution in [3.05, 3.63) is 58.2 Å². The third-order valence-electron chi connectivity index (χ3n) is 4.03. The van der Waals surface area contributed by atoms with Crippen LogP contribution in [0.4, 0.5) is 0 Å². The third kappa shape index (κ3) is 3.04. The summed E-state index contributed by atoms with van der Waals surface area (Å²) in [5.74, 6) is -0.0513. The third-order valence-corrected chi connectivity index (χ3v) is 4.56. The van der Waals surface area contributed by atoms with Gasteiger partial charge in [-0.3, -0.25) is 4.79 Å². The molecule has 0 radical (unpaired) electrons. The molecule has 0 bridgehead atoms. The van der Waals surface area contributed by atoms with E-state index in [1.807, 2.05) is 37.3 Å². The number of carbonyl (C=O) groups is 1. The van der Waals surface area contributed by atoms with E-state index in [-0.39, 0.29) is 18.1 Å². The number of nitrogens with zero attached hydrogens (tertiary/aromatic N) is 1. The van der Waals surface area contributed by atoms with Gasteiger partial charge in [0.05, 0.1) is 18.5 Å². The highest BCUT2D eigenvalue weighted by molar-refractivity contribution is 9.10. The molecular formula is C19H18BrNO3. The molecule has 0 amide bonds. The minimum Gasteiger partial charge on any atom is -0.508 e. The number of hydrogen-bond acceptors (Lipinski definition) is 3. The zero-order valence-electron chi connectivity index (χ0n) is 13.5. The van der Waals surface area contributed by atoms with Crippen molar-refractivity contribution in [3.63, 3.8) is 0 Å². The molecule has 124 valence electrons. The quantitative estimate of drug-likeness (QED) is 0.669. The van der Waals surface area contributed by atoms with E-state index in [1.165, 1.54) is 0 Å². The van der Waals surface area contributed by atoms with Crippen LogP contribution in [0.15, 0.2) is 46.9 Å². The van der Waals surface area contributed by atoms with Crippen molar-refractivity contribution in [2.75, 3.05) is 6.61 Å². The lowest BCUT2D eigenvalue weighted by Gasteiger charge is -2.09. The molecule has 0 spiro atoms. The Morgan fingerprint density at radius 1 is 1.21 bits per heavy atom. The van der Waals surface area contributed by atoms with E-state index in [1.54, 1.807) is 19.1 Å². The highest BCUT2D eigenvalue weighted by Gasteiger charge is 2.18. The van der Waals surface area contributed by atoms with Crippen LogP contribution in [0.1, 0.15) is 18.2 Å². The van der Waals surface area contributed by atoms with Crippen LogP contribution in [-0.4, -0.2) is 22.2 Å². The summed E-state index contributed by atoms with van der Waals surface area (Å²) in [7, 11) is 0. The van der Waals surface area contributed by atoms with Crippen LogP contribution in [0.3, 0.4) is 0 Å². The number of aromatic hydroxyl groups is 1. The summed E-state index contributed by atoms with van der Waals surface area (Å²) in [6.07, 6.45) is 0.213. The van der Waals surface area contributed by atoms with Crippen molar-refractivity contribution in [1.82, 2.24) is 4.57 Å². The van der Waals surface area contributed by atoms with Crippen molar-refractivity contribution in [2.45, 2.75) is 20.3 Å². The Morgan fingerprint density at radius 3 is 2.58 bits per heavy atom. The van der Waals surface area contributed by atoms with Gasteiger partial charge in [0.15, 0.2) is 0 Å². The molecule has 4 nitrogen and oxygen atoms in total. The van der Waals surface area contributed by atoms with Crippen LogP contribution in [0.2, 0.25) is 0 Å². The molecule has 24 heavy (non-hydrogen) atoms. The van der Waals surface area contributed by atoms with Gasteiger partial charge in [0.2, 0.25) is 0 Å². The molecule has 0 aliphatic heterocycles. The summed E-state index contributed by atoms with van der Waals surface area (Å²) in [5, 5.41) is 10.8. The van der Waals surface area contributed by atoms with Crippen LogP contribution in [0, 0.1) is 6.92 Å². The van der Waals surface area contributed by atoms with E-state index in [4.69, 9.17) is 4.74 Å². The summed E-state index contributed by atoms with van der Waals surface area (Å²) >= 11 is 3.44. The molecule has 0 atom stereocenters. The normalized spacial score (nSPS) is 11.0. The lowest BCUT2D eigenvalue weighted by Crippen LogP contribution is -2.08. The van der Waals surface area contributed by atoms with Gasteiger partial charge in [0.25, 0.3) is 0 Å². The number of aromatic nitrogens is 1. The Bertz CT molecular complexity index is 897. The van der Waals surface area contributed by atoms with Crippen LogP contribution in [-0.2, 0) is 16.0 Å². The molecule has 0 aliphatic carbocycles. The number of ether oxygens (including phenoxy) is 1. The second kappa shape index (κ2) is 6.69. The summed E-state index contributed by atoms with van der Waals surface area (Å²) in [6, 6.07) is 13.1. The SMILES string of the molecule is CCOC(=O)Cc1c(C)n(-c2ccc(Br)cc2)c2cc(O)ccc12. The number of esters is 1. The maximum Gasteiger partial charge on any atom is 0.310 e. The molecule has 0 saturated carbocycles. The maximum atomic E-state index is 12.0. The van der Waals surface area contributed by atoms with Gasteiger partial charge >= 0.3 is 5.97 Å². The van der Waals surface area contributed by atoms with Crippen molar-refractivity contribution < 1.29 is 14.6 Å². The van der Waals surface area contributed by atoms with E-state index in [0.717, 1.165) is 32.3 Å². The average molecular weight is 388 g/mol. The smallest absolute Gasteiger partial charge is 0.310 e. The highest BCUT2D eigenvalue weighted by atomic mass is 79.9. The molecule has 3 rings (SSSR count). The van der Waals surface area contributed by atoms with Gasteiger partial charge in [-0.25, -0.2) is 0 Å². The Hall–Kier alpha value is -2.27. The highest BCUT2D eigenvalue weighted by Crippen LogP contribution is 2.32. The van der Waals surface area contributed by atoms with E-state index in [0.29, 0.717) is 6.61 Å². The van der Waals surface area contributed by atoms with Crippen LogP contribution >= 0.6 is 15.9 Å². The lowest BCUT2D eigenvalue weighted by atomic mass is 10.1. The molecule has 1 heterocycles. The van der Waals surface area contributed by atoms with Gasteiger partial charge in [-0.2, -0.15) is 0 Å². The number of rotatable bonds is 4. The number of hydrogen-bond donors (Lipinski definition) is 1. The molecule has 3 aromatic rings. The first-order valence-corrected chi connectivity index (χ1v) is 8.55. The first-order chi connectivity index (χ1) is 11.5. The summed E-state index contributed by atoms with van der Waals surface area (Å²) < 4.78 is 8.15. The molecule has 0 aliphatic rings. The molecule has 0 saturated heterocycles. The van der Waals surface area contributed by atoms with Gasteiger partial charge in [-0.05, 0) is 55.8 Å². The number of benzene rings is 2. The van der Waals surface area contributed by atoms with Gasteiger partial charge in [-0.1, -0.05) is 15.9 Å². The zero-order valence-corrected chi connectivity index (χ0v) is 15.1. The predicted octanol–water partition coefficient (Wildman–Crippen LogP) is 4.51. The number of phenolic OH excluding ortho intramolecular Hbond substituents is 1. The molecule has 0 fully saturated rings. The fraction of sp³-hybridized carbons (Fsp3) is 0.211. The molecule has 0 unspecified atom stereocenters. The van der Waals surface area contributed by atoms with Crippen LogP contribution in [0.5, 0.6) is 5.75 Å². The molecular weight excluding hydrogens is 370 g/mol. The van der Waals surface area contributed by atoms with Crippen molar-refractivity contribution >= 4 is 32.8 Å². The van der Waals surface area contributed by atoms with E-state index in [2.05, 4.69) is 20.5 Å². The molecule has 5 heteroatoms. The van der Waals surface area contributed by atoms with E-state index >= 15 is 0 Å². The van der Waals surface area contributed by atoms with Crippen molar-refractivity contribution in [1.29, 1.82) is 0 Å². The van der Waals surface area contributed by atoms with E-state index in [9.17, 15) is 9.90 Å². The van der Waals surface area contributed by atoms with Gasteiger partial charge in [-0.15, -0.1) is 0 Å². The van der Waals surface area contributed by atoms with E-state index < -0.39 is 0 Å². The summed E-state index contributed by atoms with van der Waals surface area (Å²) in [4.78, 5) is 12.0. The Balaban J connectivity index is 2.21. The van der Waals surface area contributed by atoms with Crippen LogP contribution < -0.4 is 0 Å². The number of phenols is 1. The van der Waals surface area contributed by atoms with Gasteiger partial charge in [0.1, 0.15) is 5.75 Å². The maximum absolute atomic E-state index is 12.0. The van der Waals surface area contributed by atoms with Crippen molar-refractivity contribution in [2.24, 2.45) is 0 Å². The Morgan fingerprint density at radius 2 is 1.92 bits per heavy atom. The fourth-order valence-corrected chi connectivity index (χ4v) is 3.24. The Labute approximate surface area is 148 Å². The first kappa shape index (κ1) is 16.6. The standard InChI is InChI=1S/C19H18BrNO3/c1-3-24-19(23)11-17-12(2)21(14-6-4-13(20)5-7-14)18-10-15(22)8-9-16(17)18/h4-10,22H,3,11H2,1-2H3. The zero-order chi connectivity index (χ0) is 17.3. The predicted molar refractivity (Wildman–Crippen MR) is 97.7 cm³/mol. The first-order valence-electron chi connectivity index (χ1n) is 7.75. The van der Waals surface area contributed by atoms with Gasteiger partial charge < -0.3 is 14.4 Å². The van der Waals surface area contributed by atoms with Crippen LogP contribution in [0.25, 0.3) is 16.6 Å². The average Bonchev–Trinajstić information content (AvgIpc) is 2.80. The minimum absolute atomic E-state index is 0.195. The largest absolute Gasteiger partial charge is 0.508 e. The fourth-order valence-electron chi connectivity index (χ4n) is 2.97. The second-order valence-electron chi connectivity index (χ2n) is 5.56. The lowest BCUT2D eigenvalue weighted by molar-refractivity contribution is -0.142.